The molecular weight excluding hydrogens is 270 g/mol. The van der Waals surface area contributed by atoms with Crippen molar-refractivity contribution in [1.29, 1.82) is 0 Å². The first-order valence-electron chi connectivity index (χ1n) is 7.07. The number of carbonyl (C=O) groups is 1. The van der Waals surface area contributed by atoms with E-state index >= 15 is 0 Å². The number of nitrogens with one attached hydrogen (secondary N) is 1. The highest BCUT2D eigenvalue weighted by atomic mass is 32.1. The molecule has 0 bridgehead atoms. The van der Waals surface area contributed by atoms with Crippen molar-refractivity contribution in [1.82, 2.24) is 15.2 Å². The average molecular weight is 293 g/mol. The molecule has 1 unspecified atom stereocenters. The van der Waals surface area contributed by atoms with Crippen LogP contribution in [0.5, 0.6) is 0 Å². The van der Waals surface area contributed by atoms with Crippen LogP contribution in [0, 0.1) is 6.92 Å². The van der Waals surface area contributed by atoms with Crippen LogP contribution < -0.4 is 5.32 Å². The zero-order valence-electron chi connectivity index (χ0n) is 12.4. The molecule has 0 aromatic carbocycles. The maximum atomic E-state index is 12.4. The number of thiol groups is 1. The van der Waals surface area contributed by atoms with Gasteiger partial charge in [-0.15, -0.1) is 0 Å². The van der Waals surface area contributed by atoms with E-state index < -0.39 is 0 Å². The lowest BCUT2D eigenvalue weighted by atomic mass is 9.89. The van der Waals surface area contributed by atoms with E-state index in [0.717, 1.165) is 31.5 Å². The fourth-order valence-corrected chi connectivity index (χ4v) is 2.80. The van der Waals surface area contributed by atoms with E-state index in [9.17, 15) is 4.79 Å². The summed E-state index contributed by atoms with van der Waals surface area (Å²) in [5.74, 6) is -0.0713. The Balaban J connectivity index is 2.00. The number of amides is 1. The van der Waals surface area contributed by atoms with Gasteiger partial charge >= 0.3 is 0 Å². The molecule has 4 nitrogen and oxygen atoms in total. The SMILES string of the molecule is Cc1cccnc1C(=O)NC1(C)CCN(C(C)S)CC1. The molecule has 0 spiro atoms. The standard InChI is InChI=1S/C15H23N3OS/c1-11-5-4-8-16-13(11)14(19)17-15(3)6-9-18(10-7-15)12(2)20/h4-5,8,12,20H,6-7,9-10H2,1-3H3,(H,17,19). The van der Waals surface area contributed by atoms with Crippen molar-refractivity contribution in [2.24, 2.45) is 0 Å². The molecule has 1 amide bonds. The Kier molecular flexibility index (Phi) is 4.70. The smallest absolute Gasteiger partial charge is 0.270 e. The molecule has 2 rings (SSSR count). The average Bonchev–Trinajstić information content (AvgIpc) is 2.39. The number of hydrogen-bond donors (Lipinski definition) is 2. The molecule has 2 heterocycles. The zero-order chi connectivity index (χ0) is 14.8. The molecule has 0 radical (unpaired) electrons. The minimum atomic E-state index is -0.153. The number of piperidine rings is 1. The van der Waals surface area contributed by atoms with Crippen LogP contribution in [0.1, 0.15) is 42.7 Å². The lowest BCUT2D eigenvalue weighted by molar-refractivity contribution is 0.0825. The van der Waals surface area contributed by atoms with Gasteiger partial charge in [0.25, 0.3) is 5.91 Å². The van der Waals surface area contributed by atoms with Crippen molar-refractivity contribution in [2.75, 3.05) is 13.1 Å². The summed E-state index contributed by atoms with van der Waals surface area (Å²) in [5, 5.41) is 3.43. The lowest BCUT2D eigenvalue weighted by Gasteiger charge is -2.41. The summed E-state index contributed by atoms with van der Waals surface area (Å²) in [5.41, 5.74) is 1.29. The molecule has 1 aromatic heterocycles. The Morgan fingerprint density at radius 1 is 1.50 bits per heavy atom. The van der Waals surface area contributed by atoms with Gasteiger partial charge in [0.2, 0.25) is 0 Å². The second-order valence-corrected chi connectivity index (χ2v) is 6.60. The Morgan fingerprint density at radius 3 is 2.70 bits per heavy atom. The van der Waals surface area contributed by atoms with Crippen LogP contribution >= 0.6 is 12.6 Å². The van der Waals surface area contributed by atoms with Crippen molar-refractivity contribution in [3.63, 3.8) is 0 Å². The summed E-state index contributed by atoms with van der Waals surface area (Å²) in [6.07, 6.45) is 3.54. The van der Waals surface area contributed by atoms with Crippen LogP contribution in [0.2, 0.25) is 0 Å². The first-order valence-corrected chi connectivity index (χ1v) is 7.59. The van der Waals surface area contributed by atoms with Gasteiger partial charge in [0.15, 0.2) is 0 Å². The number of aryl methyl sites for hydroxylation is 1. The van der Waals surface area contributed by atoms with Crippen LogP contribution in [-0.4, -0.2) is 39.8 Å². The Morgan fingerprint density at radius 2 is 2.15 bits per heavy atom. The highest BCUT2D eigenvalue weighted by Gasteiger charge is 2.33. The number of hydrogen-bond acceptors (Lipinski definition) is 4. The van der Waals surface area contributed by atoms with E-state index in [1.807, 2.05) is 19.1 Å². The number of likely N-dealkylation sites (tertiary alicyclic amines) is 1. The minimum absolute atomic E-state index is 0.0713. The summed E-state index contributed by atoms with van der Waals surface area (Å²) < 4.78 is 0. The van der Waals surface area contributed by atoms with Crippen LogP contribution in [0.25, 0.3) is 0 Å². The number of aromatic nitrogens is 1. The Labute approximate surface area is 126 Å². The first kappa shape index (κ1) is 15.3. The minimum Gasteiger partial charge on any atom is -0.345 e. The molecular formula is C15H23N3OS. The molecule has 1 saturated heterocycles. The maximum Gasteiger partial charge on any atom is 0.270 e. The van der Waals surface area contributed by atoms with Gasteiger partial charge in [-0.05, 0) is 45.2 Å². The third-order valence-electron chi connectivity index (χ3n) is 4.07. The predicted octanol–water partition coefficient (Wildman–Crippen LogP) is 2.25. The molecule has 1 N–H and O–H groups in total. The van der Waals surface area contributed by atoms with Crippen LogP contribution in [0.3, 0.4) is 0 Å². The van der Waals surface area contributed by atoms with Crippen LogP contribution in [-0.2, 0) is 0 Å². The van der Waals surface area contributed by atoms with Gasteiger partial charge in [0.05, 0.1) is 0 Å². The van der Waals surface area contributed by atoms with Gasteiger partial charge in [-0.2, -0.15) is 12.6 Å². The molecule has 5 heteroatoms. The summed E-state index contributed by atoms with van der Waals surface area (Å²) in [4.78, 5) is 18.9. The van der Waals surface area contributed by atoms with E-state index in [4.69, 9.17) is 0 Å². The maximum absolute atomic E-state index is 12.4. The molecule has 0 aliphatic carbocycles. The largest absolute Gasteiger partial charge is 0.345 e. The third kappa shape index (κ3) is 3.52. The van der Waals surface area contributed by atoms with E-state index in [1.54, 1.807) is 6.20 Å². The highest BCUT2D eigenvalue weighted by molar-refractivity contribution is 7.80. The quantitative estimate of drug-likeness (QED) is 0.840. The highest BCUT2D eigenvalue weighted by Crippen LogP contribution is 2.24. The molecule has 1 aromatic rings. The summed E-state index contributed by atoms with van der Waals surface area (Å²) in [7, 11) is 0. The molecule has 1 atom stereocenters. The molecule has 1 aliphatic rings. The van der Waals surface area contributed by atoms with Crippen molar-refractivity contribution in [2.45, 2.75) is 44.5 Å². The van der Waals surface area contributed by atoms with Gasteiger partial charge in [-0.3, -0.25) is 14.7 Å². The van der Waals surface area contributed by atoms with Gasteiger partial charge < -0.3 is 5.32 Å². The van der Waals surface area contributed by atoms with E-state index in [-0.39, 0.29) is 16.8 Å². The normalized spacial score (nSPS) is 20.4. The fraction of sp³-hybridized carbons (Fsp3) is 0.600. The van der Waals surface area contributed by atoms with E-state index in [0.29, 0.717) is 5.69 Å². The van der Waals surface area contributed by atoms with E-state index in [2.05, 4.69) is 41.7 Å². The van der Waals surface area contributed by atoms with Crippen LogP contribution in [0.15, 0.2) is 18.3 Å². The topological polar surface area (TPSA) is 45.2 Å². The number of nitrogens with zero attached hydrogens (tertiary/aromatic N) is 2. The molecule has 0 saturated carbocycles. The third-order valence-corrected chi connectivity index (χ3v) is 4.40. The molecule has 1 aliphatic heterocycles. The van der Waals surface area contributed by atoms with Gasteiger partial charge in [-0.1, -0.05) is 6.07 Å². The monoisotopic (exact) mass is 293 g/mol. The van der Waals surface area contributed by atoms with Gasteiger partial charge in [0, 0.05) is 30.2 Å². The van der Waals surface area contributed by atoms with Gasteiger partial charge in [0.1, 0.15) is 5.69 Å². The molecule has 1 fully saturated rings. The summed E-state index contributed by atoms with van der Waals surface area (Å²) >= 11 is 4.47. The van der Waals surface area contributed by atoms with Crippen molar-refractivity contribution >= 4 is 18.5 Å². The van der Waals surface area contributed by atoms with E-state index in [1.165, 1.54) is 0 Å². The van der Waals surface area contributed by atoms with Crippen molar-refractivity contribution < 1.29 is 4.79 Å². The Hall–Kier alpha value is -1.07. The second kappa shape index (κ2) is 6.14. The molecule has 110 valence electrons. The first-order chi connectivity index (χ1) is 9.41. The van der Waals surface area contributed by atoms with Crippen molar-refractivity contribution in [3.8, 4) is 0 Å². The zero-order valence-corrected chi connectivity index (χ0v) is 13.3. The predicted molar refractivity (Wildman–Crippen MR) is 84.1 cm³/mol. The second-order valence-electron chi connectivity index (χ2n) is 5.85. The lowest BCUT2D eigenvalue weighted by Crippen LogP contribution is -2.54. The Bertz CT molecular complexity index is 482. The number of rotatable bonds is 3. The number of pyridine rings is 1. The van der Waals surface area contributed by atoms with Crippen molar-refractivity contribution in [3.05, 3.63) is 29.6 Å². The van der Waals surface area contributed by atoms with Gasteiger partial charge in [-0.25, -0.2) is 0 Å². The fourth-order valence-electron chi connectivity index (χ4n) is 2.57. The number of carbonyl (C=O) groups excluding carboxylic acids is 1. The summed E-state index contributed by atoms with van der Waals surface area (Å²) in [6.45, 7) is 8.03. The molecule has 20 heavy (non-hydrogen) atoms. The van der Waals surface area contributed by atoms with Crippen LogP contribution in [0.4, 0.5) is 0 Å². The summed E-state index contributed by atoms with van der Waals surface area (Å²) in [6, 6.07) is 3.76.